The maximum Gasteiger partial charge on any atom is 0.129 e. The van der Waals surface area contributed by atoms with E-state index in [1.807, 2.05) is 12.1 Å². The third-order valence-electron chi connectivity index (χ3n) is 4.78. The van der Waals surface area contributed by atoms with Crippen molar-refractivity contribution in [1.29, 1.82) is 0 Å². The predicted molar refractivity (Wildman–Crippen MR) is 104 cm³/mol. The van der Waals surface area contributed by atoms with E-state index in [-0.39, 0.29) is 0 Å². The van der Waals surface area contributed by atoms with Gasteiger partial charge < -0.3 is 4.74 Å². The predicted octanol–water partition coefficient (Wildman–Crippen LogP) is 5.29. The Labute approximate surface area is 149 Å². The lowest BCUT2D eigenvalue weighted by atomic mass is 9.75. The largest absolute Gasteiger partial charge is 0.372 e. The fourth-order valence-corrected chi connectivity index (χ4v) is 3.88. The minimum atomic E-state index is -1.36. The lowest BCUT2D eigenvalue weighted by molar-refractivity contribution is -0.0483. The van der Waals surface area contributed by atoms with Gasteiger partial charge in [0.1, 0.15) is 13.8 Å². The van der Waals surface area contributed by atoms with E-state index in [0.717, 1.165) is 17.3 Å². The van der Waals surface area contributed by atoms with Gasteiger partial charge in [0.05, 0.1) is 18.4 Å². The number of hydrogen-bond donors (Lipinski definition) is 0. The minimum Gasteiger partial charge on any atom is -0.372 e. The zero-order chi connectivity index (χ0) is 17.7. The second-order valence-electron chi connectivity index (χ2n) is 8.69. The smallest absolute Gasteiger partial charge is 0.129 e. The Morgan fingerprint density at radius 1 is 1.25 bits per heavy atom. The highest BCUT2D eigenvalue weighted by atomic mass is 28.3. The molecule has 0 amide bonds. The standard InChI is InChI=1S/C21H33NOSi/c1-16(2)20-11-10-17(3)14-21(20)23-15-19-9-7-8-18(22-19)12-13-24(4,5)6/h7-9,16-17,20-21H,10-11,14-15H2,1-6H3/t17-,20+,21-/m1/s1. The average molecular weight is 344 g/mol. The molecule has 1 fully saturated rings. The number of pyridine rings is 1. The summed E-state index contributed by atoms with van der Waals surface area (Å²) >= 11 is 0. The molecule has 1 saturated carbocycles. The zero-order valence-electron chi connectivity index (χ0n) is 16.2. The van der Waals surface area contributed by atoms with Crippen molar-refractivity contribution >= 4 is 8.07 Å². The normalized spacial score (nSPS) is 24.5. The summed E-state index contributed by atoms with van der Waals surface area (Å²) in [6.45, 7) is 14.3. The molecule has 0 saturated heterocycles. The number of hydrogen-bond acceptors (Lipinski definition) is 2. The van der Waals surface area contributed by atoms with Crippen molar-refractivity contribution in [1.82, 2.24) is 4.98 Å². The van der Waals surface area contributed by atoms with Gasteiger partial charge in [-0.2, -0.15) is 0 Å². The molecule has 0 unspecified atom stereocenters. The SMILES string of the molecule is CC(C)[C@@H]1CC[C@@H](C)C[C@H]1OCc1cccc(C#C[Si](C)(C)C)n1. The Morgan fingerprint density at radius 3 is 2.67 bits per heavy atom. The van der Waals surface area contributed by atoms with E-state index in [2.05, 4.69) is 62.9 Å². The van der Waals surface area contributed by atoms with Crippen LogP contribution in [0.5, 0.6) is 0 Å². The van der Waals surface area contributed by atoms with Crippen molar-refractivity contribution in [2.75, 3.05) is 0 Å². The molecule has 0 spiro atoms. The monoisotopic (exact) mass is 343 g/mol. The Kier molecular flexibility index (Phi) is 6.66. The summed E-state index contributed by atoms with van der Waals surface area (Å²) in [5, 5.41) is 0. The van der Waals surface area contributed by atoms with Crippen LogP contribution in [-0.4, -0.2) is 19.2 Å². The lowest BCUT2D eigenvalue weighted by Gasteiger charge is -2.37. The molecule has 0 N–H and O–H groups in total. The van der Waals surface area contributed by atoms with Gasteiger partial charge in [-0.1, -0.05) is 58.8 Å². The molecule has 3 atom stereocenters. The summed E-state index contributed by atoms with van der Waals surface area (Å²) in [6, 6.07) is 6.09. The maximum absolute atomic E-state index is 6.31. The molecule has 1 aliphatic carbocycles. The molecule has 1 aliphatic rings. The molecule has 1 heterocycles. The van der Waals surface area contributed by atoms with Crippen molar-refractivity contribution in [3.63, 3.8) is 0 Å². The summed E-state index contributed by atoms with van der Waals surface area (Å²) in [6.07, 6.45) is 4.17. The third-order valence-corrected chi connectivity index (χ3v) is 5.65. The molecule has 2 nitrogen and oxygen atoms in total. The molecule has 1 aromatic heterocycles. The molecule has 0 aromatic carbocycles. The molecule has 0 radical (unpaired) electrons. The molecule has 1 aromatic rings. The molecule has 24 heavy (non-hydrogen) atoms. The highest BCUT2D eigenvalue weighted by Gasteiger charge is 2.31. The molecule has 0 aliphatic heterocycles. The van der Waals surface area contributed by atoms with Crippen LogP contribution in [0.15, 0.2) is 18.2 Å². The van der Waals surface area contributed by atoms with E-state index < -0.39 is 8.07 Å². The van der Waals surface area contributed by atoms with E-state index >= 15 is 0 Å². The van der Waals surface area contributed by atoms with Crippen LogP contribution in [0.2, 0.25) is 19.6 Å². The fourth-order valence-electron chi connectivity index (χ4n) is 3.38. The number of ether oxygens (including phenoxy) is 1. The van der Waals surface area contributed by atoms with E-state index in [0.29, 0.717) is 24.5 Å². The number of nitrogens with zero attached hydrogens (tertiary/aromatic N) is 1. The van der Waals surface area contributed by atoms with Crippen LogP contribution in [0.3, 0.4) is 0 Å². The van der Waals surface area contributed by atoms with Gasteiger partial charge in [0.15, 0.2) is 0 Å². The minimum absolute atomic E-state index is 0.368. The van der Waals surface area contributed by atoms with E-state index in [4.69, 9.17) is 4.74 Å². The Balaban J connectivity index is 2.01. The summed E-state index contributed by atoms with van der Waals surface area (Å²) in [7, 11) is -1.36. The van der Waals surface area contributed by atoms with Crippen molar-refractivity contribution in [3.05, 3.63) is 29.6 Å². The summed E-state index contributed by atoms with van der Waals surface area (Å²) in [5.74, 6) is 5.37. The first-order valence-electron chi connectivity index (χ1n) is 9.35. The van der Waals surface area contributed by atoms with Crippen molar-refractivity contribution in [2.45, 2.75) is 72.4 Å². The van der Waals surface area contributed by atoms with Crippen LogP contribution in [0.1, 0.15) is 51.4 Å². The van der Waals surface area contributed by atoms with E-state index in [1.54, 1.807) is 0 Å². The molecule has 2 rings (SSSR count). The van der Waals surface area contributed by atoms with Gasteiger partial charge >= 0.3 is 0 Å². The first-order chi connectivity index (χ1) is 11.2. The Bertz CT molecular complexity index is 594. The second kappa shape index (κ2) is 8.32. The van der Waals surface area contributed by atoms with Gasteiger partial charge in [-0.05, 0) is 42.7 Å². The zero-order valence-corrected chi connectivity index (χ0v) is 17.2. The molecule has 0 bridgehead atoms. The van der Waals surface area contributed by atoms with Crippen LogP contribution >= 0.6 is 0 Å². The quantitative estimate of drug-likeness (QED) is 0.547. The first-order valence-corrected chi connectivity index (χ1v) is 12.9. The van der Waals surface area contributed by atoms with Crippen LogP contribution < -0.4 is 0 Å². The van der Waals surface area contributed by atoms with Crippen molar-refractivity contribution < 1.29 is 4.74 Å². The van der Waals surface area contributed by atoms with Crippen molar-refractivity contribution in [3.8, 4) is 11.5 Å². The maximum atomic E-state index is 6.31. The second-order valence-corrected chi connectivity index (χ2v) is 13.4. The van der Waals surface area contributed by atoms with Gasteiger partial charge in [-0.15, -0.1) is 5.54 Å². The fraction of sp³-hybridized carbons (Fsp3) is 0.667. The van der Waals surface area contributed by atoms with E-state index in [9.17, 15) is 0 Å². The molecular formula is C21H33NOSi. The van der Waals surface area contributed by atoms with Crippen LogP contribution in [0, 0.1) is 29.2 Å². The summed E-state index contributed by atoms with van der Waals surface area (Å²) in [4.78, 5) is 4.67. The van der Waals surface area contributed by atoms with Crippen LogP contribution in [-0.2, 0) is 11.3 Å². The first kappa shape index (κ1) is 19.2. The lowest BCUT2D eigenvalue weighted by Crippen LogP contribution is -2.34. The topological polar surface area (TPSA) is 22.1 Å². The van der Waals surface area contributed by atoms with E-state index in [1.165, 1.54) is 19.3 Å². The van der Waals surface area contributed by atoms with Gasteiger partial charge in [0.25, 0.3) is 0 Å². The van der Waals surface area contributed by atoms with Crippen LogP contribution in [0.4, 0.5) is 0 Å². The molecule has 132 valence electrons. The highest BCUT2D eigenvalue weighted by Crippen LogP contribution is 2.35. The average Bonchev–Trinajstić information content (AvgIpc) is 2.50. The summed E-state index contributed by atoms with van der Waals surface area (Å²) < 4.78 is 6.31. The molecular weight excluding hydrogens is 310 g/mol. The Hall–Kier alpha value is -1.11. The van der Waals surface area contributed by atoms with Gasteiger partial charge in [0.2, 0.25) is 0 Å². The van der Waals surface area contributed by atoms with Gasteiger partial charge in [-0.25, -0.2) is 4.98 Å². The van der Waals surface area contributed by atoms with Gasteiger partial charge in [-0.3, -0.25) is 0 Å². The molecule has 3 heteroatoms. The van der Waals surface area contributed by atoms with Crippen molar-refractivity contribution in [2.24, 2.45) is 17.8 Å². The Morgan fingerprint density at radius 2 is 2.00 bits per heavy atom. The summed E-state index contributed by atoms with van der Waals surface area (Å²) in [5.41, 5.74) is 5.25. The number of aromatic nitrogens is 1. The highest BCUT2D eigenvalue weighted by molar-refractivity contribution is 6.83. The van der Waals surface area contributed by atoms with Gasteiger partial charge in [0, 0.05) is 0 Å². The van der Waals surface area contributed by atoms with Crippen LogP contribution in [0.25, 0.3) is 0 Å². The third kappa shape index (κ3) is 6.07. The number of rotatable bonds is 4.